The predicted molar refractivity (Wildman–Crippen MR) is 140 cm³/mol. The second kappa shape index (κ2) is 10.3. The first-order chi connectivity index (χ1) is 17.3. The molecule has 5 rings (SSSR count). The Morgan fingerprint density at radius 2 is 1.75 bits per heavy atom. The first-order valence-corrected chi connectivity index (χ1v) is 14.1. The van der Waals surface area contributed by atoms with E-state index >= 15 is 0 Å². The summed E-state index contributed by atoms with van der Waals surface area (Å²) in [4.78, 5) is 20.2. The molecular weight excluding hydrogens is 521 g/mol. The molecule has 1 amide bonds. The van der Waals surface area contributed by atoms with Crippen molar-refractivity contribution in [1.82, 2.24) is 9.29 Å². The summed E-state index contributed by atoms with van der Waals surface area (Å²) in [5, 5.41) is 1.19. The van der Waals surface area contributed by atoms with Crippen LogP contribution in [0.25, 0.3) is 10.2 Å². The van der Waals surface area contributed by atoms with Crippen LogP contribution in [-0.4, -0.2) is 36.7 Å². The average molecular weight is 544 g/mol. The van der Waals surface area contributed by atoms with Gasteiger partial charge in [-0.15, -0.1) is 0 Å². The van der Waals surface area contributed by atoms with E-state index in [9.17, 15) is 17.6 Å². The second-order valence-corrected chi connectivity index (χ2v) is 12.0. The van der Waals surface area contributed by atoms with Gasteiger partial charge in [0.05, 0.1) is 21.7 Å². The van der Waals surface area contributed by atoms with Gasteiger partial charge in [-0.25, -0.2) is 17.8 Å². The molecule has 1 aliphatic rings. The quantitative estimate of drug-likeness (QED) is 0.312. The number of thiazole rings is 1. The average Bonchev–Trinajstić information content (AvgIpc) is 3.31. The standard InChI is InChI=1S/C26H23ClFN3O3S2/c27-20-6-11-23-24(16-20)35-26(29-23)31(17-18-4-2-1-3-5-18)25(32)19-12-14-30(15-13-19)36(33,34)22-9-7-21(28)8-10-22/h1-11,16,19H,12-15,17H2. The fourth-order valence-corrected chi connectivity index (χ4v) is 7.04. The zero-order valence-corrected chi connectivity index (χ0v) is 21.6. The summed E-state index contributed by atoms with van der Waals surface area (Å²) in [5.74, 6) is -0.916. The zero-order chi connectivity index (χ0) is 25.3. The van der Waals surface area contributed by atoms with Crippen molar-refractivity contribution < 1.29 is 17.6 Å². The van der Waals surface area contributed by atoms with Gasteiger partial charge in [-0.2, -0.15) is 4.31 Å². The van der Waals surface area contributed by atoms with E-state index in [4.69, 9.17) is 16.6 Å². The maximum Gasteiger partial charge on any atom is 0.243 e. The lowest BCUT2D eigenvalue weighted by Gasteiger charge is -2.33. The Morgan fingerprint density at radius 1 is 1.06 bits per heavy atom. The van der Waals surface area contributed by atoms with Crippen molar-refractivity contribution in [3.63, 3.8) is 0 Å². The molecule has 186 valence electrons. The monoisotopic (exact) mass is 543 g/mol. The van der Waals surface area contributed by atoms with Gasteiger partial charge in [0, 0.05) is 24.0 Å². The van der Waals surface area contributed by atoms with Crippen molar-refractivity contribution >= 4 is 54.2 Å². The van der Waals surface area contributed by atoms with Crippen LogP contribution in [0.4, 0.5) is 9.52 Å². The molecule has 36 heavy (non-hydrogen) atoms. The highest BCUT2D eigenvalue weighted by atomic mass is 35.5. The van der Waals surface area contributed by atoms with E-state index < -0.39 is 15.8 Å². The molecule has 1 aromatic heterocycles. The van der Waals surface area contributed by atoms with Crippen LogP contribution in [-0.2, 0) is 21.4 Å². The smallest absolute Gasteiger partial charge is 0.243 e. The molecule has 0 atom stereocenters. The summed E-state index contributed by atoms with van der Waals surface area (Å²) < 4.78 is 41.5. The molecule has 1 fully saturated rings. The Hall–Kier alpha value is -2.85. The fraction of sp³-hybridized carbons (Fsp3) is 0.231. The van der Waals surface area contributed by atoms with Crippen molar-refractivity contribution in [3.05, 3.63) is 89.2 Å². The normalized spacial score (nSPS) is 15.3. The largest absolute Gasteiger partial charge is 0.283 e. The Balaban J connectivity index is 1.37. The van der Waals surface area contributed by atoms with Gasteiger partial charge in [0.1, 0.15) is 5.82 Å². The summed E-state index contributed by atoms with van der Waals surface area (Å²) in [6, 6.07) is 19.9. The molecule has 0 radical (unpaired) electrons. The number of piperidine rings is 1. The summed E-state index contributed by atoms with van der Waals surface area (Å²) in [6.07, 6.45) is 0.780. The topological polar surface area (TPSA) is 70.6 Å². The number of hydrogen-bond donors (Lipinski definition) is 0. The van der Waals surface area contributed by atoms with Gasteiger partial charge in [0.25, 0.3) is 0 Å². The van der Waals surface area contributed by atoms with Crippen molar-refractivity contribution in [2.75, 3.05) is 18.0 Å². The van der Waals surface area contributed by atoms with E-state index in [0.29, 0.717) is 29.5 Å². The summed E-state index contributed by atoms with van der Waals surface area (Å²) >= 11 is 7.56. The first-order valence-electron chi connectivity index (χ1n) is 11.5. The molecule has 2 heterocycles. The SMILES string of the molecule is O=C(C1CCN(S(=O)(=O)c2ccc(F)cc2)CC1)N(Cc1ccccc1)c1nc2ccc(Cl)cc2s1. The number of sulfonamides is 1. The van der Waals surface area contributed by atoms with Crippen LogP contribution in [0.5, 0.6) is 0 Å². The highest BCUT2D eigenvalue weighted by Gasteiger charge is 2.35. The number of rotatable bonds is 6. The Kier molecular flexibility index (Phi) is 7.07. The number of benzene rings is 3. The number of anilines is 1. The van der Waals surface area contributed by atoms with Crippen LogP contribution in [0, 0.1) is 11.7 Å². The zero-order valence-electron chi connectivity index (χ0n) is 19.2. The number of carbonyl (C=O) groups excluding carboxylic acids is 1. The summed E-state index contributed by atoms with van der Waals surface area (Å²) in [7, 11) is -3.75. The number of hydrogen-bond acceptors (Lipinski definition) is 5. The molecule has 6 nitrogen and oxygen atoms in total. The molecule has 1 aliphatic heterocycles. The predicted octanol–water partition coefficient (Wildman–Crippen LogP) is 5.72. The number of fused-ring (bicyclic) bond motifs is 1. The van der Waals surface area contributed by atoms with Gasteiger partial charge < -0.3 is 0 Å². The molecule has 1 saturated heterocycles. The van der Waals surface area contributed by atoms with Crippen LogP contribution >= 0.6 is 22.9 Å². The van der Waals surface area contributed by atoms with Crippen LogP contribution in [0.3, 0.4) is 0 Å². The third-order valence-electron chi connectivity index (χ3n) is 6.27. The van der Waals surface area contributed by atoms with Crippen molar-refractivity contribution in [2.45, 2.75) is 24.3 Å². The van der Waals surface area contributed by atoms with Crippen LogP contribution < -0.4 is 4.90 Å². The molecule has 10 heteroatoms. The Bertz CT molecular complexity index is 1490. The highest BCUT2D eigenvalue weighted by molar-refractivity contribution is 7.89. The van der Waals surface area contributed by atoms with Crippen LogP contribution in [0.15, 0.2) is 77.7 Å². The van der Waals surface area contributed by atoms with E-state index in [1.165, 1.54) is 27.8 Å². The van der Waals surface area contributed by atoms with Crippen molar-refractivity contribution in [1.29, 1.82) is 0 Å². The molecule has 0 bridgehead atoms. The van der Waals surface area contributed by atoms with Crippen molar-refractivity contribution in [3.8, 4) is 0 Å². The van der Waals surface area contributed by atoms with Crippen LogP contribution in [0.2, 0.25) is 5.02 Å². The van der Waals surface area contributed by atoms with E-state index in [0.717, 1.165) is 27.9 Å². The summed E-state index contributed by atoms with van der Waals surface area (Å²) in [6.45, 7) is 0.789. The van der Waals surface area contributed by atoms with Crippen molar-refractivity contribution in [2.24, 2.45) is 5.92 Å². The fourth-order valence-electron chi connectivity index (χ4n) is 4.33. The number of carbonyl (C=O) groups is 1. The lowest BCUT2D eigenvalue weighted by molar-refractivity contribution is -0.123. The molecule has 0 aliphatic carbocycles. The van der Waals surface area contributed by atoms with Gasteiger partial charge in [-0.3, -0.25) is 9.69 Å². The van der Waals surface area contributed by atoms with E-state index in [1.807, 2.05) is 42.5 Å². The summed E-state index contributed by atoms with van der Waals surface area (Å²) in [5.41, 5.74) is 1.74. The molecule has 0 N–H and O–H groups in total. The highest BCUT2D eigenvalue weighted by Crippen LogP contribution is 2.34. The Labute approximate surface area is 218 Å². The maximum atomic E-state index is 13.8. The minimum Gasteiger partial charge on any atom is -0.283 e. The van der Waals surface area contributed by atoms with E-state index in [-0.39, 0.29) is 29.8 Å². The molecule has 0 saturated carbocycles. The lowest BCUT2D eigenvalue weighted by Crippen LogP contribution is -2.44. The minimum absolute atomic E-state index is 0.0486. The second-order valence-electron chi connectivity index (χ2n) is 8.65. The minimum atomic E-state index is -3.75. The maximum absolute atomic E-state index is 13.8. The lowest BCUT2D eigenvalue weighted by atomic mass is 9.96. The number of amides is 1. The molecule has 3 aromatic carbocycles. The third kappa shape index (κ3) is 5.15. The molecule has 4 aromatic rings. The number of aromatic nitrogens is 1. The van der Waals surface area contributed by atoms with Gasteiger partial charge >= 0.3 is 0 Å². The third-order valence-corrected chi connectivity index (χ3v) is 9.46. The van der Waals surface area contributed by atoms with E-state index in [2.05, 4.69) is 0 Å². The molecule has 0 spiro atoms. The van der Waals surface area contributed by atoms with E-state index in [1.54, 1.807) is 11.0 Å². The number of halogens is 2. The van der Waals surface area contributed by atoms with Gasteiger partial charge in [-0.1, -0.05) is 53.3 Å². The first kappa shape index (κ1) is 24.8. The van der Waals surface area contributed by atoms with Gasteiger partial charge in [0.2, 0.25) is 15.9 Å². The number of nitrogens with zero attached hydrogens (tertiary/aromatic N) is 3. The Morgan fingerprint density at radius 3 is 2.44 bits per heavy atom. The molecule has 0 unspecified atom stereocenters. The van der Waals surface area contributed by atoms with Crippen LogP contribution in [0.1, 0.15) is 18.4 Å². The van der Waals surface area contributed by atoms with Gasteiger partial charge in [0.15, 0.2) is 5.13 Å². The van der Waals surface area contributed by atoms with Gasteiger partial charge in [-0.05, 0) is 60.9 Å². The molecular formula is C26H23ClFN3O3S2.